The quantitative estimate of drug-likeness (QED) is 0.271. The fourth-order valence-corrected chi connectivity index (χ4v) is 7.21. The van der Waals surface area contributed by atoms with Crippen molar-refractivity contribution in [2.45, 2.75) is 25.3 Å². The molecule has 1 saturated heterocycles. The Kier molecular flexibility index (Phi) is 8.12. The summed E-state index contributed by atoms with van der Waals surface area (Å²) < 4.78 is 41.0. The molecule has 234 valence electrons. The van der Waals surface area contributed by atoms with Gasteiger partial charge in [0.2, 0.25) is 15.8 Å². The minimum Gasteiger partial charge on any atom is -0.497 e. The summed E-state index contributed by atoms with van der Waals surface area (Å²) in [6, 6.07) is 16.3. The standard InChI is InChI=1S/C33H35N5O6S/c1-5-38-21(2)26(27-19-24(43-4)9-12-29(27)38)20-31-32(39)28-18-23(8-13-30(28)44-31)35-33(40)34-22-6-10-25(11-7-22)45(41,42)37-16-14-36(3)15-17-37/h6-13,18-20H,5,14-17H2,1-4H3,(H2,34,35,40). The molecule has 0 radical (unpaired) electrons. The lowest BCUT2D eigenvalue weighted by atomic mass is 10.1. The van der Waals surface area contributed by atoms with Gasteiger partial charge >= 0.3 is 6.03 Å². The topological polar surface area (TPSA) is 122 Å². The van der Waals surface area contributed by atoms with Gasteiger partial charge in [0.1, 0.15) is 11.5 Å². The van der Waals surface area contributed by atoms with E-state index in [1.54, 1.807) is 43.5 Å². The Morgan fingerprint density at radius 1 is 0.978 bits per heavy atom. The van der Waals surface area contributed by atoms with Gasteiger partial charge in [-0.3, -0.25) is 4.79 Å². The molecular formula is C33H35N5O6S. The summed E-state index contributed by atoms with van der Waals surface area (Å²) in [5.41, 5.74) is 4.09. The van der Waals surface area contributed by atoms with Crippen molar-refractivity contribution in [2.75, 3.05) is 51.0 Å². The summed E-state index contributed by atoms with van der Waals surface area (Å²) in [4.78, 5) is 28.5. The largest absolute Gasteiger partial charge is 0.497 e. The molecule has 1 aromatic heterocycles. The van der Waals surface area contributed by atoms with E-state index < -0.39 is 16.1 Å². The molecule has 3 heterocycles. The molecule has 2 aliphatic heterocycles. The molecule has 2 amide bonds. The molecule has 2 N–H and O–H groups in total. The van der Waals surface area contributed by atoms with Crippen LogP contribution in [0.1, 0.15) is 28.5 Å². The first-order valence-corrected chi connectivity index (χ1v) is 16.1. The molecule has 3 aromatic carbocycles. The molecule has 1 fully saturated rings. The van der Waals surface area contributed by atoms with E-state index in [-0.39, 0.29) is 16.4 Å². The first-order chi connectivity index (χ1) is 21.6. The summed E-state index contributed by atoms with van der Waals surface area (Å²) in [5, 5.41) is 6.40. The van der Waals surface area contributed by atoms with Crippen LogP contribution in [0.3, 0.4) is 0 Å². The Hall–Kier alpha value is -4.65. The second kappa shape index (κ2) is 12.0. The number of benzene rings is 3. The van der Waals surface area contributed by atoms with Crippen molar-refractivity contribution in [3.63, 3.8) is 0 Å². The number of nitrogens with zero attached hydrogens (tertiary/aromatic N) is 3. The molecule has 6 rings (SSSR count). The number of aromatic nitrogens is 1. The number of methoxy groups -OCH3 is 1. The first kappa shape index (κ1) is 30.4. The first-order valence-electron chi connectivity index (χ1n) is 14.7. The van der Waals surface area contributed by atoms with E-state index in [4.69, 9.17) is 9.47 Å². The molecule has 0 spiro atoms. The number of sulfonamides is 1. The van der Waals surface area contributed by atoms with Gasteiger partial charge in [-0.15, -0.1) is 0 Å². The Labute approximate surface area is 262 Å². The summed E-state index contributed by atoms with van der Waals surface area (Å²) in [5.74, 6) is 1.03. The van der Waals surface area contributed by atoms with Gasteiger partial charge in [0.15, 0.2) is 5.76 Å². The van der Waals surface area contributed by atoms with E-state index in [1.165, 1.54) is 16.4 Å². The number of fused-ring (bicyclic) bond motifs is 2. The lowest BCUT2D eigenvalue weighted by Gasteiger charge is -2.31. The summed E-state index contributed by atoms with van der Waals surface area (Å²) in [6.07, 6.45) is 1.76. The zero-order valence-electron chi connectivity index (χ0n) is 25.6. The van der Waals surface area contributed by atoms with Gasteiger partial charge < -0.3 is 29.6 Å². The van der Waals surface area contributed by atoms with Crippen LogP contribution in [0.4, 0.5) is 16.2 Å². The number of hydrogen-bond acceptors (Lipinski definition) is 7. The number of allylic oxidation sites excluding steroid dienone is 1. The molecule has 11 nitrogen and oxygen atoms in total. The number of carbonyl (C=O) groups is 2. The normalized spacial score (nSPS) is 16.5. The summed E-state index contributed by atoms with van der Waals surface area (Å²) in [7, 11) is -0.0262. The number of ketones is 1. The molecule has 0 unspecified atom stereocenters. The Balaban J connectivity index is 1.15. The molecule has 2 aliphatic rings. The van der Waals surface area contributed by atoms with Gasteiger partial charge in [-0.25, -0.2) is 13.2 Å². The lowest BCUT2D eigenvalue weighted by Crippen LogP contribution is -2.46. The average Bonchev–Trinajstić information content (AvgIpc) is 3.48. The maximum atomic E-state index is 13.4. The van der Waals surface area contributed by atoms with Crippen LogP contribution in [0.2, 0.25) is 0 Å². The van der Waals surface area contributed by atoms with Crippen molar-refractivity contribution in [3.8, 4) is 11.5 Å². The third kappa shape index (κ3) is 5.79. The number of aryl methyl sites for hydroxylation is 1. The fourth-order valence-electron chi connectivity index (χ4n) is 5.78. The van der Waals surface area contributed by atoms with Gasteiger partial charge in [0.25, 0.3) is 0 Å². The van der Waals surface area contributed by atoms with Crippen LogP contribution < -0.4 is 20.1 Å². The average molecular weight is 630 g/mol. The number of ether oxygens (including phenoxy) is 2. The van der Waals surface area contributed by atoms with E-state index in [0.29, 0.717) is 48.9 Å². The monoisotopic (exact) mass is 629 g/mol. The molecule has 45 heavy (non-hydrogen) atoms. The summed E-state index contributed by atoms with van der Waals surface area (Å²) in [6.45, 7) is 7.07. The number of nitrogens with one attached hydrogen (secondary N) is 2. The van der Waals surface area contributed by atoms with E-state index in [1.807, 2.05) is 32.2 Å². The van der Waals surface area contributed by atoms with Crippen LogP contribution >= 0.6 is 0 Å². The predicted octanol–water partition coefficient (Wildman–Crippen LogP) is 5.17. The smallest absolute Gasteiger partial charge is 0.323 e. The number of Topliss-reactive ketones (excluding diaryl/α,β-unsaturated/α-hetero) is 1. The highest BCUT2D eigenvalue weighted by Gasteiger charge is 2.29. The second-order valence-corrected chi connectivity index (χ2v) is 13.0. The van der Waals surface area contributed by atoms with E-state index in [2.05, 4.69) is 27.0 Å². The maximum Gasteiger partial charge on any atom is 0.323 e. The third-order valence-electron chi connectivity index (χ3n) is 8.31. The van der Waals surface area contributed by atoms with Gasteiger partial charge in [0, 0.05) is 66.3 Å². The maximum absolute atomic E-state index is 13.4. The van der Waals surface area contributed by atoms with Crippen molar-refractivity contribution in [1.29, 1.82) is 0 Å². The van der Waals surface area contributed by atoms with Crippen molar-refractivity contribution >= 4 is 50.2 Å². The number of likely N-dealkylation sites (N-methyl/N-ethyl adjacent to an activating group) is 1. The van der Waals surface area contributed by atoms with E-state index >= 15 is 0 Å². The highest BCUT2D eigenvalue weighted by molar-refractivity contribution is 7.89. The van der Waals surface area contributed by atoms with Crippen molar-refractivity contribution < 1.29 is 27.5 Å². The minimum absolute atomic E-state index is 0.174. The zero-order chi connectivity index (χ0) is 31.9. The van der Waals surface area contributed by atoms with Gasteiger partial charge in [-0.05, 0) is 87.6 Å². The van der Waals surface area contributed by atoms with Crippen LogP contribution in [-0.4, -0.2) is 74.3 Å². The number of anilines is 2. The van der Waals surface area contributed by atoms with Crippen molar-refractivity contribution in [1.82, 2.24) is 13.8 Å². The lowest BCUT2D eigenvalue weighted by molar-refractivity contribution is 0.101. The molecule has 12 heteroatoms. The predicted molar refractivity (Wildman–Crippen MR) is 174 cm³/mol. The second-order valence-electron chi connectivity index (χ2n) is 11.1. The molecule has 0 saturated carbocycles. The SMILES string of the molecule is CCn1c(C)c(C=C2Oc3ccc(NC(=O)Nc4ccc(S(=O)(=O)N5CCN(C)CC5)cc4)cc3C2=O)c2cc(OC)ccc21. The van der Waals surface area contributed by atoms with Gasteiger partial charge in [-0.2, -0.15) is 4.31 Å². The van der Waals surface area contributed by atoms with Gasteiger partial charge in [0.05, 0.1) is 17.6 Å². The molecule has 4 aromatic rings. The minimum atomic E-state index is -3.61. The molecular weight excluding hydrogens is 594 g/mol. The Morgan fingerprint density at radius 3 is 2.36 bits per heavy atom. The van der Waals surface area contributed by atoms with E-state index in [9.17, 15) is 18.0 Å². The van der Waals surface area contributed by atoms with Crippen molar-refractivity contribution in [2.24, 2.45) is 0 Å². The zero-order valence-corrected chi connectivity index (χ0v) is 26.4. The number of urea groups is 1. The number of amides is 2. The highest BCUT2D eigenvalue weighted by atomic mass is 32.2. The third-order valence-corrected chi connectivity index (χ3v) is 10.2. The van der Waals surface area contributed by atoms with Crippen LogP contribution in [0.25, 0.3) is 17.0 Å². The highest BCUT2D eigenvalue weighted by Crippen LogP contribution is 2.37. The number of piperazine rings is 1. The van der Waals surface area contributed by atoms with Crippen molar-refractivity contribution in [3.05, 3.63) is 83.2 Å². The Bertz CT molecular complexity index is 1940. The van der Waals surface area contributed by atoms with Crippen LogP contribution in [0.5, 0.6) is 11.5 Å². The number of hydrogen-bond donors (Lipinski definition) is 2. The van der Waals surface area contributed by atoms with Crippen LogP contribution in [0.15, 0.2) is 71.3 Å². The number of carbonyl (C=O) groups excluding carboxylic acids is 2. The van der Waals surface area contributed by atoms with E-state index in [0.717, 1.165) is 34.5 Å². The molecule has 0 aliphatic carbocycles. The molecule has 0 bridgehead atoms. The molecule has 0 atom stereocenters. The van der Waals surface area contributed by atoms with Gasteiger partial charge in [-0.1, -0.05) is 0 Å². The van der Waals surface area contributed by atoms with Crippen LogP contribution in [-0.2, 0) is 16.6 Å². The van der Waals surface area contributed by atoms with Crippen LogP contribution in [0, 0.1) is 6.92 Å². The Morgan fingerprint density at radius 2 is 1.67 bits per heavy atom. The number of rotatable bonds is 7. The summed E-state index contributed by atoms with van der Waals surface area (Å²) >= 11 is 0. The fraction of sp³-hybridized carbons (Fsp3) is 0.273.